The van der Waals surface area contributed by atoms with Crippen LogP contribution in [0.25, 0.3) is 11.0 Å². The van der Waals surface area contributed by atoms with Crippen molar-refractivity contribution in [1.82, 2.24) is 0 Å². The van der Waals surface area contributed by atoms with Crippen molar-refractivity contribution in [3.63, 3.8) is 0 Å². The number of rotatable bonds is 2. The van der Waals surface area contributed by atoms with Crippen molar-refractivity contribution in [2.75, 3.05) is 0 Å². The molecule has 0 saturated carbocycles. The Morgan fingerprint density at radius 3 is 2.60 bits per heavy atom. The molecule has 2 N–H and O–H groups in total. The van der Waals surface area contributed by atoms with Gasteiger partial charge in [-0.3, -0.25) is 0 Å². The van der Waals surface area contributed by atoms with E-state index in [2.05, 4.69) is 0 Å². The predicted molar refractivity (Wildman–Crippen MR) is 83.4 cm³/mol. The van der Waals surface area contributed by atoms with Crippen LogP contribution in [-0.2, 0) is 0 Å². The van der Waals surface area contributed by atoms with Gasteiger partial charge in [0, 0.05) is 15.4 Å². The Kier molecular flexibility index (Phi) is 3.47. The Labute approximate surface area is 127 Å². The second kappa shape index (κ2) is 5.13. The van der Waals surface area contributed by atoms with Gasteiger partial charge in [-0.25, -0.2) is 0 Å². The van der Waals surface area contributed by atoms with E-state index in [4.69, 9.17) is 33.4 Å². The highest BCUT2D eigenvalue weighted by molar-refractivity contribution is 6.31. The summed E-state index contributed by atoms with van der Waals surface area (Å²) in [6, 6.07) is 12.9. The molecule has 102 valence electrons. The Bertz CT molecular complexity index is 779. The first kappa shape index (κ1) is 13.5. The van der Waals surface area contributed by atoms with E-state index in [1.165, 1.54) is 0 Å². The van der Waals surface area contributed by atoms with Crippen LogP contribution in [0.4, 0.5) is 0 Å². The minimum absolute atomic E-state index is 0.348. The van der Waals surface area contributed by atoms with Crippen LogP contribution >= 0.6 is 23.2 Å². The molecule has 0 amide bonds. The Balaban J connectivity index is 2.02. The zero-order valence-corrected chi connectivity index (χ0v) is 12.4. The summed E-state index contributed by atoms with van der Waals surface area (Å²) in [5, 5.41) is 2.33. The standard InChI is InChI=1S/C16H13Cl2NO/c1-9-2-3-10(7-13(9)18)16(19)15-8-11-6-12(17)4-5-14(11)20-15/h2-8,16H,19H2,1H3. The van der Waals surface area contributed by atoms with Crippen molar-refractivity contribution in [2.45, 2.75) is 13.0 Å². The Hall–Kier alpha value is -1.48. The quantitative estimate of drug-likeness (QED) is 0.715. The summed E-state index contributed by atoms with van der Waals surface area (Å²) in [6.07, 6.45) is 0. The van der Waals surface area contributed by atoms with E-state index < -0.39 is 0 Å². The molecule has 0 radical (unpaired) electrons. The number of halogens is 2. The highest BCUT2D eigenvalue weighted by Crippen LogP contribution is 2.30. The van der Waals surface area contributed by atoms with Crippen molar-refractivity contribution in [3.05, 3.63) is 69.4 Å². The van der Waals surface area contributed by atoms with E-state index in [9.17, 15) is 0 Å². The van der Waals surface area contributed by atoms with Crippen LogP contribution in [0.15, 0.2) is 46.9 Å². The van der Waals surface area contributed by atoms with Gasteiger partial charge >= 0.3 is 0 Å². The van der Waals surface area contributed by atoms with E-state index in [0.717, 1.165) is 22.1 Å². The lowest BCUT2D eigenvalue weighted by Crippen LogP contribution is -2.10. The molecule has 2 aromatic carbocycles. The monoisotopic (exact) mass is 305 g/mol. The first-order valence-electron chi connectivity index (χ1n) is 6.25. The predicted octanol–water partition coefficient (Wildman–Crippen LogP) is 5.10. The molecule has 0 aliphatic heterocycles. The van der Waals surface area contributed by atoms with Crippen molar-refractivity contribution in [3.8, 4) is 0 Å². The van der Waals surface area contributed by atoms with Gasteiger partial charge in [0.15, 0.2) is 0 Å². The summed E-state index contributed by atoms with van der Waals surface area (Å²) in [4.78, 5) is 0. The highest BCUT2D eigenvalue weighted by atomic mass is 35.5. The fraction of sp³-hybridized carbons (Fsp3) is 0.125. The summed E-state index contributed by atoms with van der Waals surface area (Å²) in [5.74, 6) is 0.696. The average molecular weight is 306 g/mol. The first-order valence-corrected chi connectivity index (χ1v) is 7.01. The molecule has 0 bridgehead atoms. The second-order valence-electron chi connectivity index (χ2n) is 4.82. The molecule has 1 atom stereocenters. The van der Waals surface area contributed by atoms with Crippen LogP contribution in [-0.4, -0.2) is 0 Å². The van der Waals surface area contributed by atoms with Gasteiger partial charge < -0.3 is 10.2 Å². The minimum Gasteiger partial charge on any atom is -0.459 e. The highest BCUT2D eigenvalue weighted by Gasteiger charge is 2.15. The number of nitrogens with two attached hydrogens (primary N) is 1. The molecule has 4 heteroatoms. The lowest BCUT2D eigenvalue weighted by atomic mass is 10.0. The van der Waals surface area contributed by atoms with Crippen LogP contribution in [0.3, 0.4) is 0 Å². The molecule has 20 heavy (non-hydrogen) atoms. The van der Waals surface area contributed by atoms with Gasteiger partial charge in [0.25, 0.3) is 0 Å². The third kappa shape index (κ3) is 2.42. The summed E-state index contributed by atoms with van der Waals surface area (Å²) in [5.41, 5.74) is 8.98. The van der Waals surface area contributed by atoms with Gasteiger partial charge in [-0.2, -0.15) is 0 Å². The zero-order chi connectivity index (χ0) is 14.3. The van der Waals surface area contributed by atoms with E-state index in [-0.39, 0.29) is 6.04 Å². The van der Waals surface area contributed by atoms with Gasteiger partial charge in [0.2, 0.25) is 0 Å². The Morgan fingerprint density at radius 1 is 1.05 bits per heavy atom. The maximum atomic E-state index is 6.25. The third-order valence-corrected chi connectivity index (χ3v) is 4.00. The Morgan fingerprint density at radius 2 is 1.85 bits per heavy atom. The summed E-state index contributed by atoms with van der Waals surface area (Å²) >= 11 is 12.1. The molecule has 3 aromatic rings. The molecular formula is C16H13Cl2NO. The van der Waals surface area contributed by atoms with Crippen LogP contribution in [0.1, 0.15) is 22.9 Å². The maximum absolute atomic E-state index is 6.25. The zero-order valence-electron chi connectivity index (χ0n) is 10.9. The maximum Gasteiger partial charge on any atom is 0.134 e. The number of furan rings is 1. The molecule has 2 nitrogen and oxygen atoms in total. The third-order valence-electron chi connectivity index (χ3n) is 3.36. The number of hydrogen-bond donors (Lipinski definition) is 1. The second-order valence-corrected chi connectivity index (χ2v) is 5.66. The van der Waals surface area contributed by atoms with Gasteiger partial charge in [-0.05, 0) is 48.4 Å². The van der Waals surface area contributed by atoms with E-state index in [1.807, 2.05) is 43.3 Å². The molecular weight excluding hydrogens is 293 g/mol. The van der Waals surface area contributed by atoms with Gasteiger partial charge in [-0.15, -0.1) is 0 Å². The first-order chi connectivity index (χ1) is 9.54. The van der Waals surface area contributed by atoms with Gasteiger partial charge in [0.05, 0.1) is 6.04 Å². The summed E-state index contributed by atoms with van der Waals surface area (Å²) in [7, 11) is 0. The van der Waals surface area contributed by atoms with Gasteiger partial charge in [-0.1, -0.05) is 35.3 Å². The van der Waals surface area contributed by atoms with Crippen LogP contribution in [0.2, 0.25) is 10.0 Å². The van der Waals surface area contributed by atoms with Crippen molar-refractivity contribution in [2.24, 2.45) is 5.73 Å². The lowest BCUT2D eigenvalue weighted by Gasteiger charge is -2.10. The van der Waals surface area contributed by atoms with E-state index in [1.54, 1.807) is 6.07 Å². The van der Waals surface area contributed by atoms with Crippen molar-refractivity contribution >= 4 is 34.2 Å². The molecule has 1 heterocycles. The molecule has 0 aliphatic carbocycles. The summed E-state index contributed by atoms with van der Waals surface area (Å²) < 4.78 is 5.78. The van der Waals surface area contributed by atoms with Crippen LogP contribution in [0, 0.1) is 6.92 Å². The number of benzene rings is 2. The fourth-order valence-corrected chi connectivity index (χ4v) is 2.52. The number of hydrogen-bond acceptors (Lipinski definition) is 2. The molecule has 3 rings (SSSR count). The molecule has 0 spiro atoms. The molecule has 0 fully saturated rings. The van der Waals surface area contributed by atoms with Crippen molar-refractivity contribution in [1.29, 1.82) is 0 Å². The topological polar surface area (TPSA) is 39.2 Å². The van der Waals surface area contributed by atoms with E-state index in [0.29, 0.717) is 15.8 Å². The van der Waals surface area contributed by atoms with E-state index >= 15 is 0 Å². The van der Waals surface area contributed by atoms with Gasteiger partial charge in [0.1, 0.15) is 11.3 Å². The fourth-order valence-electron chi connectivity index (χ4n) is 2.15. The van der Waals surface area contributed by atoms with Crippen molar-refractivity contribution < 1.29 is 4.42 Å². The molecule has 1 unspecified atom stereocenters. The number of fused-ring (bicyclic) bond motifs is 1. The average Bonchev–Trinajstić information content (AvgIpc) is 2.84. The largest absolute Gasteiger partial charge is 0.459 e. The molecule has 1 aromatic heterocycles. The smallest absolute Gasteiger partial charge is 0.134 e. The normalized spacial score (nSPS) is 12.8. The molecule has 0 aliphatic rings. The van der Waals surface area contributed by atoms with Crippen LogP contribution < -0.4 is 5.73 Å². The van der Waals surface area contributed by atoms with Crippen LogP contribution in [0.5, 0.6) is 0 Å². The lowest BCUT2D eigenvalue weighted by molar-refractivity contribution is 0.525. The SMILES string of the molecule is Cc1ccc(C(N)c2cc3cc(Cl)ccc3o2)cc1Cl. The molecule has 0 saturated heterocycles. The summed E-state index contributed by atoms with van der Waals surface area (Å²) in [6.45, 7) is 1.96. The number of aryl methyl sites for hydroxylation is 1. The minimum atomic E-state index is -0.348.